The Hall–Kier alpha value is -1.39. The molecule has 1 aromatic carbocycles. The molecule has 28 heavy (non-hydrogen) atoms. The van der Waals surface area contributed by atoms with E-state index in [1.165, 1.54) is 44.5 Å². The highest BCUT2D eigenvalue weighted by Crippen LogP contribution is 2.25. The van der Waals surface area contributed by atoms with Crippen molar-refractivity contribution in [2.24, 2.45) is 11.8 Å². The zero-order valence-corrected chi connectivity index (χ0v) is 18.1. The lowest BCUT2D eigenvalue weighted by Crippen LogP contribution is -2.50. The summed E-state index contributed by atoms with van der Waals surface area (Å²) in [7, 11) is 1.99. The third-order valence-electron chi connectivity index (χ3n) is 6.54. The second kappa shape index (κ2) is 10.4. The van der Waals surface area contributed by atoms with E-state index < -0.39 is 0 Å². The molecule has 0 aliphatic carbocycles. The minimum absolute atomic E-state index is 0.202. The molecule has 0 aromatic heterocycles. The van der Waals surface area contributed by atoms with Gasteiger partial charge in [-0.05, 0) is 63.2 Å². The van der Waals surface area contributed by atoms with Gasteiger partial charge in [-0.25, -0.2) is 0 Å². The van der Waals surface area contributed by atoms with Crippen LogP contribution in [0.3, 0.4) is 0 Å². The SMILES string of the molecule is CC(C)CCN(C)C(=O)C1CCCN(C2CCN(Cc3ccccc3)CC2)C1. The van der Waals surface area contributed by atoms with Crippen LogP contribution >= 0.6 is 0 Å². The first-order chi connectivity index (χ1) is 13.5. The molecule has 0 radical (unpaired) electrons. The second-order valence-electron chi connectivity index (χ2n) is 9.27. The molecule has 3 rings (SSSR count). The zero-order chi connectivity index (χ0) is 19.9. The first-order valence-corrected chi connectivity index (χ1v) is 11.3. The predicted molar refractivity (Wildman–Crippen MR) is 116 cm³/mol. The Kier molecular flexibility index (Phi) is 7.92. The number of likely N-dealkylation sites (tertiary alicyclic amines) is 2. The number of hydrogen-bond acceptors (Lipinski definition) is 3. The van der Waals surface area contributed by atoms with Crippen LogP contribution in [0.25, 0.3) is 0 Å². The Bertz CT molecular complexity index is 595. The summed E-state index contributed by atoms with van der Waals surface area (Å²) < 4.78 is 0. The summed E-state index contributed by atoms with van der Waals surface area (Å²) in [5, 5.41) is 0. The van der Waals surface area contributed by atoms with Gasteiger partial charge in [0.1, 0.15) is 0 Å². The summed E-state index contributed by atoms with van der Waals surface area (Å²) in [6.45, 7) is 10.9. The Morgan fingerprint density at radius 2 is 1.82 bits per heavy atom. The van der Waals surface area contributed by atoms with E-state index in [4.69, 9.17) is 0 Å². The predicted octanol–water partition coefficient (Wildman–Crippen LogP) is 3.87. The average molecular weight is 386 g/mol. The van der Waals surface area contributed by atoms with Crippen molar-refractivity contribution in [1.29, 1.82) is 0 Å². The number of piperidine rings is 2. The van der Waals surface area contributed by atoms with Gasteiger partial charge in [0.2, 0.25) is 5.91 Å². The highest BCUT2D eigenvalue weighted by molar-refractivity contribution is 5.78. The minimum Gasteiger partial charge on any atom is -0.345 e. The summed E-state index contributed by atoms with van der Waals surface area (Å²) in [6.07, 6.45) is 5.79. The summed E-state index contributed by atoms with van der Waals surface area (Å²) in [5.74, 6) is 1.22. The molecule has 2 aliphatic rings. The van der Waals surface area contributed by atoms with Crippen molar-refractivity contribution in [2.75, 3.05) is 39.8 Å². The van der Waals surface area contributed by atoms with Crippen LogP contribution in [0.2, 0.25) is 0 Å². The van der Waals surface area contributed by atoms with Crippen molar-refractivity contribution >= 4 is 5.91 Å². The molecule has 1 amide bonds. The van der Waals surface area contributed by atoms with E-state index in [2.05, 4.69) is 54.0 Å². The van der Waals surface area contributed by atoms with E-state index in [9.17, 15) is 4.79 Å². The Morgan fingerprint density at radius 3 is 2.50 bits per heavy atom. The lowest BCUT2D eigenvalue weighted by Gasteiger charge is -2.42. The molecule has 0 N–H and O–H groups in total. The lowest BCUT2D eigenvalue weighted by atomic mass is 9.92. The normalized spacial score (nSPS) is 22.5. The van der Waals surface area contributed by atoms with Crippen molar-refractivity contribution in [1.82, 2.24) is 14.7 Å². The first kappa shape index (κ1) is 21.3. The van der Waals surface area contributed by atoms with Crippen molar-refractivity contribution in [3.8, 4) is 0 Å². The smallest absolute Gasteiger partial charge is 0.226 e. The molecule has 1 unspecified atom stereocenters. The van der Waals surface area contributed by atoms with E-state index in [0.717, 1.165) is 32.5 Å². The molecule has 2 fully saturated rings. The van der Waals surface area contributed by atoms with Gasteiger partial charge in [0.25, 0.3) is 0 Å². The zero-order valence-electron chi connectivity index (χ0n) is 18.1. The number of nitrogens with zero attached hydrogens (tertiary/aromatic N) is 3. The molecule has 0 bridgehead atoms. The quantitative estimate of drug-likeness (QED) is 0.713. The summed E-state index contributed by atoms with van der Waals surface area (Å²) in [6, 6.07) is 11.5. The van der Waals surface area contributed by atoms with Crippen LogP contribution in [0.15, 0.2) is 30.3 Å². The molecule has 4 heteroatoms. The Morgan fingerprint density at radius 1 is 1.11 bits per heavy atom. The minimum atomic E-state index is 0.202. The summed E-state index contributed by atoms with van der Waals surface area (Å²) in [5.41, 5.74) is 1.41. The van der Waals surface area contributed by atoms with Crippen LogP contribution in [0.5, 0.6) is 0 Å². The van der Waals surface area contributed by atoms with E-state index in [-0.39, 0.29) is 5.92 Å². The fourth-order valence-corrected chi connectivity index (χ4v) is 4.70. The number of carbonyl (C=O) groups excluding carboxylic acids is 1. The van der Waals surface area contributed by atoms with Crippen LogP contribution in [-0.4, -0.2) is 66.4 Å². The largest absolute Gasteiger partial charge is 0.345 e. The van der Waals surface area contributed by atoms with Gasteiger partial charge in [-0.3, -0.25) is 14.6 Å². The van der Waals surface area contributed by atoms with E-state index in [0.29, 0.717) is 17.9 Å². The maximum Gasteiger partial charge on any atom is 0.226 e. The summed E-state index contributed by atoms with van der Waals surface area (Å²) in [4.78, 5) is 20.1. The van der Waals surface area contributed by atoms with E-state index in [1.54, 1.807) is 0 Å². The molecule has 156 valence electrons. The number of benzene rings is 1. The molecule has 2 heterocycles. The van der Waals surface area contributed by atoms with Gasteiger partial charge in [0.05, 0.1) is 5.92 Å². The highest BCUT2D eigenvalue weighted by atomic mass is 16.2. The van der Waals surface area contributed by atoms with Gasteiger partial charge in [0, 0.05) is 32.7 Å². The Balaban J connectivity index is 1.45. The van der Waals surface area contributed by atoms with Crippen molar-refractivity contribution in [3.63, 3.8) is 0 Å². The standard InChI is InChI=1S/C24H39N3O/c1-20(2)11-15-25(3)24(28)22-10-7-14-27(19-22)23-12-16-26(17-13-23)18-21-8-5-4-6-9-21/h4-6,8-9,20,22-23H,7,10-19H2,1-3H3. The maximum absolute atomic E-state index is 12.9. The van der Waals surface area contributed by atoms with Gasteiger partial charge in [-0.1, -0.05) is 44.2 Å². The highest BCUT2D eigenvalue weighted by Gasteiger charge is 2.32. The summed E-state index contributed by atoms with van der Waals surface area (Å²) >= 11 is 0. The maximum atomic E-state index is 12.9. The van der Waals surface area contributed by atoms with Crippen molar-refractivity contribution < 1.29 is 4.79 Å². The molecule has 0 saturated carbocycles. The third-order valence-corrected chi connectivity index (χ3v) is 6.54. The average Bonchev–Trinajstić information content (AvgIpc) is 2.73. The molecular formula is C24H39N3O. The van der Waals surface area contributed by atoms with Crippen LogP contribution in [0.1, 0.15) is 51.5 Å². The van der Waals surface area contributed by atoms with E-state index in [1.807, 2.05) is 11.9 Å². The van der Waals surface area contributed by atoms with Crippen LogP contribution < -0.4 is 0 Å². The lowest BCUT2D eigenvalue weighted by molar-refractivity contribution is -0.136. The molecule has 1 aromatic rings. The van der Waals surface area contributed by atoms with Crippen molar-refractivity contribution in [3.05, 3.63) is 35.9 Å². The Labute approximate surface area is 171 Å². The van der Waals surface area contributed by atoms with Gasteiger partial charge in [-0.15, -0.1) is 0 Å². The number of amides is 1. The van der Waals surface area contributed by atoms with Crippen LogP contribution in [0, 0.1) is 11.8 Å². The molecule has 2 aliphatic heterocycles. The van der Waals surface area contributed by atoms with Crippen LogP contribution in [0.4, 0.5) is 0 Å². The molecule has 1 atom stereocenters. The van der Waals surface area contributed by atoms with Gasteiger partial charge < -0.3 is 4.90 Å². The molecular weight excluding hydrogens is 346 g/mol. The number of hydrogen-bond donors (Lipinski definition) is 0. The second-order valence-corrected chi connectivity index (χ2v) is 9.27. The van der Waals surface area contributed by atoms with Gasteiger partial charge in [-0.2, -0.15) is 0 Å². The molecule has 0 spiro atoms. The van der Waals surface area contributed by atoms with E-state index >= 15 is 0 Å². The number of carbonyl (C=O) groups is 1. The molecule has 4 nitrogen and oxygen atoms in total. The van der Waals surface area contributed by atoms with Crippen LogP contribution in [-0.2, 0) is 11.3 Å². The first-order valence-electron chi connectivity index (χ1n) is 11.3. The fraction of sp³-hybridized carbons (Fsp3) is 0.708. The molecule has 2 saturated heterocycles. The monoisotopic (exact) mass is 385 g/mol. The number of rotatable bonds is 7. The van der Waals surface area contributed by atoms with Gasteiger partial charge >= 0.3 is 0 Å². The third kappa shape index (κ3) is 6.05. The topological polar surface area (TPSA) is 26.8 Å². The fourth-order valence-electron chi connectivity index (χ4n) is 4.70. The van der Waals surface area contributed by atoms with Crippen molar-refractivity contribution in [2.45, 2.75) is 58.5 Å². The van der Waals surface area contributed by atoms with Gasteiger partial charge in [0.15, 0.2) is 0 Å².